The van der Waals surface area contributed by atoms with Gasteiger partial charge < -0.3 is 9.47 Å². The lowest BCUT2D eigenvalue weighted by molar-refractivity contribution is 1.18. The van der Waals surface area contributed by atoms with Gasteiger partial charge in [0.1, 0.15) is 0 Å². The number of nitrogens with zero attached hydrogens (tertiary/aromatic N) is 2. The Bertz CT molecular complexity index is 3560. The first-order chi connectivity index (χ1) is 30.3. The van der Waals surface area contributed by atoms with Crippen LogP contribution in [-0.4, -0.2) is 4.57 Å². The molecule has 0 saturated heterocycles. The molecule has 3 heteroatoms. The molecule has 0 bridgehead atoms. The summed E-state index contributed by atoms with van der Waals surface area (Å²) in [7, 11) is 0. The van der Waals surface area contributed by atoms with Crippen molar-refractivity contribution in [3.8, 4) is 39.1 Å². The van der Waals surface area contributed by atoms with Gasteiger partial charge in [0.15, 0.2) is 0 Å². The molecule has 61 heavy (non-hydrogen) atoms. The van der Waals surface area contributed by atoms with Crippen LogP contribution in [0.2, 0.25) is 0 Å². The molecule has 12 aromatic rings. The van der Waals surface area contributed by atoms with Gasteiger partial charge in [-0.3, -0.25) is 0 Å². The molecule has 0 amide bonds. The number of thiophene rings is 1. The Morgan fingerprint density at radius 2 is 0.885 bits per heavy atom. The Morgan fingerprint density at radius 3 is 1.64 bits per heavy atom. The van der Waals surface area contributed by atoms with Gasteiger partial charge in [-0.05, 0) is 99.4 Å². The van der Waals surface area contributed by atoms with Crippen LogP contribution < -0.4 is 4.90 Å². The number of benzene rings is 10. The molecule has 2 aromatic heterocycles. The predicted octanol–water partition coefficient (Wildman–Crippen LogP) is 16.8. The van der Waals surface area contributed by atoms with E-state index < -0.39 is 0 Å². The number of hydrogen-bond donors (Lipinski definition) is 0. The maximum Gasteiger partial charge on any atom is 0.0640 e. The van der Waals surface area contributed by atoms with Crippen LogP contribution in [-0.2, 0) is 0 Å². The van der Waals surface area contributed by atoms with Gasteiger partial charge in [-0.1, -0.05) is 170 Å². The molecule has 0 atom stereocenters. The largest absolute Gasteiger partial charge is 0.309 e. The fraction of sp³-hybridized carbons (Fsp3) is 0. The molecule has 0 unspecified atom stereocenters. The first-order valence-electron chi connectivity index (χ1n) is 20.8. The lowest BCUT2D eigenvalue weighted by Crippen LogP contribution is -2.10. The third kappa shape index (κ3) is 5.93. The van der Waals surface area contributed by atoms with E-state index in [1.54, 1.807) is 0 Å². The van der Waals surface area contributed by atoms with E-state index in [1.165, 1.54) is 97.5 Å². The lowest BCUT2D eigenvalue weighted by Gasteiger charge is -2.28. The van der Waals surface area contributed by atoms with Crippen LogP contribution in [0.3, 0.4) is 0 Å². The topological polar surface area (TPSA) is 8.17 Å². The summed E-state index contributed by atoms with van der Waals surface area (Å²) in [6.45, 7) is 0. The Labute approximate surface area is 358 Å². The van der Waals surface area contributed by atoms with E-state index in [0.29, 0.717) is 0 Å². The molecule has 2 nitrogen and oxygen atoms in total. The van der Waals surface area contributed by atoms with E-state index in [4.69, 9.17) is 0 Å². The van der Waals surface area contributed by atoms with Crippen LogP contribution in [0.4, 0.5) is 17.1 Å². The van der Waals surface area contributed by atoms with Gasteiger partial charge in [0, 0.05) is 43.0 Å². The highest BCUT2D eigenvalue weighted by Gasteiger charge is 2.22. The van der Waals surface area contributed by atoms with Gasteiger partial charge in [0.05, 0.1) is 27.1 Å². The molecule has 0 N–H and O–H groups in total. The fourth-order valence-corrected chi connectivity index (χ4v) is 10.5. The fourth-order valence-electron chi connectivity index (χ4n) is 9.33. The smallest absolute Gasteiger partial charge is 0.0640 e. The number of aromatic nitrogens is 1. The molecule has 286 valence electrons. The lowest BCUT2D eigenvalue weighted by atomic mass is 9.95. The molecule has 2 heterocycles. The van der Waals surface area contributed by atoms with Crippen molar-refractivity contribution in [1.82, 2.24) is 4.57 Å². The van der Waals surface area contributed by atoms with Crippen LogP contribution in [0.5, 0.6) is 0 Å². The Kier molecular flexibility index (Phi) is 8.39. The third-order valence-corrected chi connectivity index (χ3v) is 13.4. The molecule has 0 aliphatic rings. The summed E-state index contributed by atoms with van der Waals surface area (Å²) in [5.41, 5.74) is 14.3. The van der Waals surface area contributed by atoms with Crippen LogP contribution in [0.15, 0.2) is 231 Å². The van der Waals surface area contributed by atoms with Crippen molar-refractivity contribution in [3.05, 3.63) is 231 Å². The van der Waals surface area contributed by atoms with Crippen LogP contribution in [0, 0.1) is 0 Å². The van der Waals surface area contributed by atoms with E-state index >= 15 is 0 Å². The van der Waals surface area contributed by atoms with Gasteiger partial charge in [-0.15, -0.1) is 11.3 Å². The summed E-state index contributed by atoms with van der Waals surface area (Å²) in [6, 6.07) is 84.1. The second kappa shape index (κ2) is 14.5. The molecule has 0 aliphatic carbocycles. The van der Waals surface area contributed by atoms with Crippen molar-refractivity contribution in [2.45, 2.75) is 0 Å². The van der Waals surface area contributed by atoms with Gasteiger partial charge in [0.25, 0.3) is 0 Å². The Balaban J connectivity index is 1.02. The van der Waals surface area contributed by atoms with Crippen LogP contribution >= 0.6 is 11.3 Å². The molecule has 0 radical (unpaired) electrons. The number of fused-ring (bicyclic) bond motifs is 7. The van der Waals surface area contributed by atoms with Gasteiger partial charge >= 0.3 is 0 Å². The zero-order valence-corrected chi connectivity index (χ0v) is 34.1. The molecular formula is C58H38N2S. The summed E-state index contributed by atoms with van der Waals surface area (Å²) >= 11 is 1.87. The summed E-state index contributed by atoms with van der Waals surface area (Å²) in [5, 5.41) is 7.49. The van der Waals surface area contributed by atoms with Gasteiger partial charge in [-0.25, -0.2) is 0 Å². The standard InChI is InChI=1S/C58H38N2S/c1-3-14-39(15-4-1)40-26-28-41(29-27-40)42-30-33-45(34-31-42)60(56-24-13-22-51-50-21-10-12-25-57(50)61-58(51)56)54-37-35-46(47-18-7-8-19-48(47)54)43-32-36-55-52(38-43)49-20-9-11-23-53(49)59(55)44-16-5-2-6-17-44/h1-38H. The molecular weight excluding hydrogens is 757 g/mol. The molecule has 10 aromatic carbocycles. The zero-order valence-electron chi connectivity index (χ0n) is 33.2. The van der Waals surface area contributed by atoms with E-state index in [1.807, 2.05) is 11.3 Å². The molecule has 0 spiro atoms. The normalized spacial score (nSPS) is 11.6. The maximum atomic E-state index is 2.47. The average Bonchev–Trinajstić information content (AvgIpc) is 3.89. The zero-order chi connectivity index (χ0) is 40.3. The summed E-state index contributed by atoms with van der Waals surface area (Å²) in [4.78, 5) is 2.47. The van der Waals surface area contributed by atoms with E-state index in [-0.39, 0.29) is 0 Å². The molecule has 0 aliphatic heterocycles. The van der Waals surface area contributed by atoms with Gasteiger partial charge in [-0.2, -0.15) is 0 Å². The monoisotopic (exact) mass is 794 g/mol. The van der Waals surface area contributed by atoms with Crippen LogP contribution in [0.25, 0.3) is 91.8 Å². The van der Waals surface area contributed by atoms with Crippen molar-refractivity contribution in [3.63, 3.8) is 0 Å². The number of para-hydroxylation sites is 2. The Morgan fingerprint density at radius 1 is 0.328 bits per heavy atom. The van der Waals surface area contributed by atoms with Crippen molar-refractivity contribution in [2.75, 3.05) is 4.90 Å². The minimum absolute atomic E-state index is 1.11. The van der Waals surface area contributed by atoms with Crippen molar-refractivity contribution in [2.24, 2.45) is 0 Å². The van der Waals surface area contributed by atoms with Crippen molar-refractivity contribution < 1.29 is 0 Å². The molecule has 0 saturated carbocycles. The highest BCUT2D eigenvalue weighted by molar-refractivity contribution is 7.26. The van der Waals surface area contributed by atoms with E-state index in [2.05, 4.69) is 240 Å². The highest BCUT2D eigenvalue weighted by Crippen LogP contribution is 2.48. The van der Waals surface area contributed by atoms with Gasteiger partial charge in [0.2, 0.25) is 0 Å². The van der Waals surface area contributed by atoms with E-state index in [0.717, 1.165) is 11.4 Å². The number of anilines is 3. The second-order valence-corrected chi connectivity index (χ2v) is 16.7. The number of rotatable bonds is 7. The first-order valence-corrected chi connectivity index (χ1v) is 21.7. The second-order valence-electron chi connectivity index (χ2n) is 15.7. The van der Waals surface area contributed by atoms with Crippen LogP contribution in [0.1, 0.15) is 0 Å². The molecule has 0 fully saturated rings. The minimum atomic E-state index is 1.11. The predicted molar refractivity (Wildman–Crippen MR) is 262 cm³/mol. The maximum absolute atomic E-state index is 2.47. The third-order valence-electron chi connectivity index (χ3n) is 12.2. The van der Waals surface area contributed by atoms with Crippen molar-refractivity contribution >= 4 is 81.1 Å². The van der Waals surface area contributed by atoms with Crippen molar-refractivity contribution in [1.29, 1.82) is 0 Å². The Hall–Kier alpha value is -7.72. The highest BCUT2D eigenvalue weighted by atomic mass is 32.1. The molecule has 12 rings (SSSR count). The quantitative estimate of drug-likeness (QED) is 0.156. The summed E-state index contributed by atoms with van der Waals surface area (Å²) in [5.74, 6) is 0. The summed E-state index contributed by atoms with van der Waals surface area (Å²) in [6.07, 6.45) is 0. The first kappa shape index (κ1) is 35.2. The summed E-state index contributed by atoms with van der Waals surface area (Å²) < 4.78 is 4.95. The minimum Gasteiger partial charge on any atom is -0.309 e. The van der Waals surface area contributed by atoms with E-state index in [9.17, 15) is 0 Å². The number of hydrogen-bond acceptors (Lipinski definition) is 2. The SMILES string of the molecule is c1ccc(-c2ccc(-c3ccc(N(c4ccc(-c5ccc6c(c5)c5ccccc5n6-c5ccccc5)c5ccccc45)c4cccc5c4sc4ccccc45)cc3)cc2)cc1. The average molecular weight is 795 g/mol.